The molecule has 0 aliphatic rings. The van der Waals surface area contributed by atoms with E-state index in [-0.39, 0.29) is 10.7 Å². The first-order valence-electron chi connectivity index (χ1n) is 10.5. The Morgan fingerprint density at radius 3 is 2.79 bits per heavy atom. The second-order valence-corrected chi connectivity index (χ2v) is 8.38. The molecule has 7 nitrogen and oxygen atoms in total. The van der Waals surface area contributed by atoms with Crippen LogP contribution in [-0.2, 0) is 6.54 Å². The van der Waals surface area contributed by atoms with Gasteiger partial charge in [-0.25, -0.2) is 14.2 Å². The molecule has 9 heteroatoms. The molecule has 0 atom stereocenters. The molecule has 4 rings (SSSR count). The number of carboxylic acids is 1. The number of nitrogens with zero attached hydrogens (tertiary/aromatic N) is 2. The van der Waals surface area contributed by atoms with E-state index in [1.165, 1.54) is 6.07 Å². The number of ether oxygens (including phenoxy) is 2. The van der Waals surface area contributed by atoms with E-state index in [2.05, 4.69) is 10.3 Å². The molecule has 0 radical (unpaired) electrons. The second-order valence-electron chi connectivity index (χ2n) is 7.33. The Balaban J connectivity index is 1.53. The van der Waals surface area contributed by atoms with E-state index in [0.29, 0.717) is 53.1 Å². The molecule has 1 aromatic carbocycles. The monoisotopic (exact) mass is 469 g/mol. The Morgan fingerprint density at radius 1 is 1.24 bits per heavy atom. The van der Waals surface area contributed by atoms with Crippen LogP contribution >= 0.6 is 11.3 Å². The number of rotatable bonds is 9. The van der Waals surface area contributed by atoms with Crippen LogP contribution in [0.15, 0.2) is 42.5 Å². The van der Waals surface area contributed by atoms with Gasteiger partial charge in [-0.2, -0.15) is 0 Å². The van der Waals surface area contributed by atoms with Crippen molar-refractivity contribution in [2.45, 2.75) is 20.4 Å². The minimum absolute atomic E-state index is 0.152. The van der Waals surface area contributed by atoms with E-state index in [0.717, 1.165) is 22.4 Å². The highest BCUT2D eigenvalue weighted by Gasteiger charge is 2.18. The lowest BCUT2D eigenvalue weighted by Crippen LogP contribution is -2.12. The summed E-state index contributed by atoms with van der Waals surface area (Å²) in [6.07, 6.45) is 0. The van der Waals surface area contributed by atoms with Gasteiger partial charge in [0.25, 0.3) is 0 Å². The molecule has 0 spiro atoms. The van der Waals surface area contributed by atoms with Gasteiger partial charge in [0.15, 0.2) is 4.88 Å². The average molecular weight is 470 g/mol. The summed E-state index contributed by atoms with van der Waals surface area (Å²) in [5.74, 6) is 0.303. The van der Waals surface area contributed by atoms with Crippen LogP contribution in [0.2, 0.25) is 0 Å². The molecule has 0 fully saturated rings. The van der Waals surface area contributed by atoms with Crippen molar-refractivity contribution in [3.05, 3.63) is 58.9 Å². The van der Waals surface area contributed by atoms with Crippen molar-refractivity contribution in [2.75, 3.05) is 25.6 Å². The highest BCUT2D eigenvalue weighted by molar-refractivity contribution is 7.17. The van der Waals surface area contributed by atoms with Crippen molar-refractivity contribution in [1.82, 2.24) is 9.55 Å². The van der Waals surface area contributed by atoms with E-state index in [9.17, 15) is 14.3 Å². The maximum absolute atomic E-state index is 14.6. The van der Waals surface area contributed by atoms with E-state index in [1.54, 1.807) is 19.2 Å². The van der Waals surface area contributed by atoms with E-state index in [1.807, 2.05) is 42.7 Å². The number of pyridine rings is 1. The SMILES string of the molecule is CCOc1cc(-c2cccc(NCCn3c(C)cc4c(OC)ccc(F)c43)n2)sc1C(=O)O. The molecule has 172 valence electrons. The summed E-state index contributed by atoms with van der Waals surface area (Å²) in [4.78, 5) is 17.0. The first kappa shape index (κ1) is 22.6. The van der Waals surface area contributed by atoms with Gasteiger partial charge in [-0.15, -0.1) is 11.3 Å². The number of aromatic nitrogens is 2. The van der Waals surface area contributed by atoms with Gasteiger partial charge < -0.3 is 24.5 Å². The molecule has 0 unspecified atom stereocenters. The van der Waals surface area contributed by atoms with Crippen LogP contribution in [0, 0.1) is 12.7 Å². The molecular weight excluding hydrogens is 445 g/mol. The number of methoxy groups -OCH3 is 1. The van der Waals surface area contributed by atoms with Crippen molar-refractivity contribution in [3.8, 4) is 22.1 Å². The number of carboxylic acid groups (broad SMARTS) is 1. The molecule has 3 heterocycles. The van der Waals surface area contributed by atoms with Crippen LogP contribution in [0.25, 0.3) is 21.5 Å². The lowest BCUT2D eigenvalue weighted by Gasteiger charge is -2.11. The highest BCUT2D eigenvalue weighted by atomic mass is 32.1. The van der Waals surface area contributed by atoms with Gasteiger partial charge >= 0.3 is 5.97 Å². The summed E-state index contributed by atoms with van der Waals surface area (Å²) in [5.41, 5.74) is 2.09. The number of benzene rings is 1. The Morgan fingerprint density at radius 2 is 2.06 bits per heavy atom. The summed E-state index contributed by atoms with van der Waals surface area (Å²) in [6.45, 7) is 5.17. The number of fused-ring (bicyclic) bond motifs is 1. The Hall–Kier alpha value is -3.59. The van der Waals surface area contributed by atoms with Crippen molar-refractivity contribution in [3.63, 3.8) is 0 Å². The third-order valence-electron chi connectivity index (χ3n) is 5.23. The fourth-order valence-electron chi connectivity index (χ4n) is 3.78. The number of anilines is 1. The second kappa shape index (κ2) is 9.50. The molecule has 0 amide bonds. The summed E-state index contributed by atoms with van der Waals surface area (Å²) < 4.78 is 27.3. The third-order valence-corrected chi connectivity index (χ3v) is 6.36. The van der Waals surface area contributed by atoms with Crippen molar-refractivity contribution in [1.29, 1.82) is 0 Å². The summed E-state index contributed by atoms with van der Waals surface area (Å²) >= 11 is 1.13. The lowest BCUT2D eigenvalue weighted by molar-refractivity contribution is 0.0698. The van der Waals surface area contributed by atoms with Crippen molar-refractivity contribution >= 4 is 34.0 Å². The molecule has 0 bridgehead atoms. The maximum atomic E-state index is 14.6. The van der Waals surface area contributed by atoms with Gasteiger partial charge in [0, 0.05) is 30.2 Å². The first-order chi connectivity index (χ1) is 15.9. The predicted octanol–water partition coefficient (Wildman–Crippen LogP) is 5.43. The predicted molar refractivity (Wildman–Crippen MR) is 127 cm³/mol. The summed E-state index contributed by atoms with van der Waals surface area (Å²) in [7, 11) is 1.57. The van der Waals surface area contributed by atoms with Gasteiger partial charge in [0.2, 0.25) is 0 Å². The number of aromatic carboxylic acids is 1. The molecule has 0 aliphatic carbocycles. The molecule has 0 saturated heterocycles. The zero-order valence-electron chi connectivity index (χ0n) is 18.5. The highest BCUT2D eigenvalue weighted by Crippen LogP contribution is 2.36. The zero-order valence-corrected chi connectivity index (χ0v) is 19.3. The zero-order chi connectivity index (χ0) is 23.5. The Labute approximate surface area is 194 Å². The quantitative estimate of drug-likeness (QED) is 0.340. The standard InChI is InChI=1S/C24H24FN3O4S/c1-4-32-19-13-20(33-23(19)24(29)30)17-6-5-7-21(27-17)26-10-11-28-14(2)12-15-18(31-3)9-8-16(25)22(15)28/h5-9,12-13H,4,10-11H2,1-3H3,(H,26,27)(H,29,30). The van der Waals surface area contributed by atoms with Gasteiger partial charge in [0.1, 0.15) is 23.1 Å². The molecule has 4 aromatic rings. The van der Waals surface area contributed by atoms with Crippen molar-refractivity contribution < 1.29 is 23.8 Å². The average Bonchev–Trinajstić information content (AvgIpc) is 3.37. The fourth-order valence-corrected chi connectivity index (χ4v) is 4.69. The number of nitrogens with one attached hydrogen (secondary N) is 1. The van der Waals surface area contributed by atoms with Crippen LogP contribution in [0.5, 0.6) is 11.5 Å². The van der Waals surface area contributed by atoms with Gasteiger partial charge in [-0.3, -0.25) is 0 Å². The number of hydrogen-bond acceptors (Lipinski definition) is 6. The van der Waals surface area contributed by atoms with Crippen LogP contribution in [-0.4, -0.2) is 40.9 Å². The fraction of sp³-hybridized carbons (Fsp3) is 0.250. The third kappa shape index (κ3) is 4.49. The van der Waals surface area contributed by atoms with Crippen LogP contribution in [0.4, 0.5) is 10.2 Å². The van der Waals surface area contributed by atoms with Crippen LogP contribution < -0.4 is 14.8 Å². The molecule has 3 aromatic heterocycles. The number of aryl methyl sites for hydroxylation is 1. The normalized spacial score (nSPS) is 11.0. The number of hydrogen-bond donors (Lipinski definition) is 2. The number of halogens is 1. The van der Waals surface area contributed by atoms with E-state index in [4.69, 9.17) is 9.47 Å². The van der Waals surface area contributed by atoms with Crippen LogP contribution in [0.1, 0.15) is 22.3 Å². The molecule has 0 aliphatic heterocycles. The smallest absolute Gasteiger partial charge is 0.349 e. The minimum Gasteiger partial charge on any atom is -0.496 e. The summed E-state index contributed by atoms with van der Waals surface area (Å²) in [5, 5.41) is 13.4. The Kier molecular flexibility index (Phi) is 6.50. The van der Waals surface area contributed by atoms with Gasteiger partial charge in [-0.1, -0.05) is 6.07 Å². The largest absolute Gasteiger partial charge is 0.496 e. The van der Waals surface area contributed by atoms with Crippen LogP contribution in [0.3, 0.4) is 0 Å². The maximum Gasteiger partial charge on any atom is 0.349 e. The minimum atomic E-state index is -1.03. The van der Waals surface area contributed by atoms with Gasteiger partial charge in [0.05, 0.1) is 29.8 Å². The van der Waals surface area contributed by atoms with E-state index >= 15 is 0 Å². The molecule has 2 N–H and O–H groups in total. The van der Waals surface area contributed by atoms with Crippen molar-refractivity contribution in [2.24, 2.45) is 0 Å². The molecular formula is C24H24FN3O4S. The Bertz CT molecular complexity index is 1310. The summed E-state index contributed by atoms with van der Waals surface area (Å²) in [6, 6.07) is 12.2. The van der Waals surface area contributed by atoms with Gasteiger partial charge in [-0.05, 0) is 44.2 Å². The number of thiophene rings is 1. The molecule has 33 heavy (non-hydrogen) atoms. The first-order valence-corrected chi connectivity index (χ1v) is 11.3. The lowest BCUT2D eigenvalue weighted by atomic mass is 10.2. The molecule has 0 saturated carbocycles. The topological polar surface area (TPSA) is 85.6 Å². The number of carbonyl (C=O) groups is 1. The van der Waals surface area contributed by atoms with E-state index < -0.39 is 5.97 Å².